The van der Waals surface area contributed by atoms with Gasteiger partial charge >= 0.3 is 0 Å². The second-order valence-electron chi connectivity index (χ2n) is 1.81. The van der Waals surface area contributed by atoms with Gasteiger partial charge in [-0.05, 0) is 12.8 Å². The Hall–Kier alpha value is -0.550. The molecule has 0 aromatic carbocycles. The Morgan fingerprint density at radius 2 is 2.29 bits per heavy atom. The van der Waals surface area contributed by atoms with Gasteiger partial charge in [-0.1, -0.05) is 0 Å². The van der Waals surface area contributed by atoms with Crippen molar-refractivity contribution < 1.29 is 4.74 Å². The van der Waals surface area contributed by atoms with Gasteiger partial charge in [0.25, 0.3) is 0 Å². The summed E-state index contributed by atoms with van der Waals surface area (Å²) in [5, 5.41) is 8.28. The third-order valence-corrected chi connectivity index (χ3v) is 1.30. The first-order chi connectivity index (χ1) is 3.33. The molecule has 0 unspecified atom stereocenters. The smallest absolute Gasteiger partial charge is 0.154 e. The Kier molecular flexibility index (Phi) is 0.795. The average Bonchev–Trinajstić information content (AvgIpc) is 2.46. The van der Waals surface area contributed by atoms with Gasteiger partial charge in [-0.25, -0.2) is 0 Å². The van der Waals surface area contributed by atoms with Gasteiger partial charge in [0.1, 0.15) is 0 Å². The van der Waals surface area contributed by atoms with Gasteiger partial charge in [-0.2, -0.15) is 5.26 Å². The fourth-order valence-electron chi connectivity index (χ4n) is 0.475. The van der Waals surface area contributed by atoms with Crippen LogP contribution in [0.1, 0.15) is 12.8 Å². The van der Waals surface area contributed by atoms with Crippen molar-refractivity contribution in [1.82, 2.24) is 0 Å². The normalized spacial score (nSPS) is 23.4. The minimum absolute atomic E-state index is 0.361. The molecule has 0 aliphatic heterocycles. The zero-order valence-corrected chi connectivity index (χ0v) is 4.27. The maximum absolute atomic E-state index is 8.28. The first-order valence-electron chi connectivity index (χ1n) is 2.29. The summed E-state index contributed by atoms with van der Waals surface area (Å²) in [7, 11) is 1.58. The maximum atomic E-state index is 8.28. The monoisotopic (exact) mass is 97.1 g/mol. The van der Waals surface area contributed by atoms with Crippen LogP contribution in [-0.2, 0) is 4.74 Å². The van der Waals surface area contributed by atoms with Crippen LogP contribution in [-0.4, -0.2) is 12.7 Å². The number of hydrogen-bond acceptors (Lipinski definition) is 2. The van der Waals surface area contributed by atoms with Crippen LogP contribution in [0.4, 0.5) is 0 Å². The molecule has 0 aromatic rings. The topological polar surface area (TPSA) is 33.0 Å². The van der Waals surface area contributed by atoms with Crippen LogP contribution in [0.2, 0.25) is 0 Å². The number of hydrogen-bond donors (Lipinski definition) is 0. The molecule has 0 aromatic heterocycles. The predicted octanol–water partition coefficient (Wildman–Crippen LogP) is 0.689. The molecule has 0 atom stereocenters. The van der Waals surface area contributed by atoms with Crippen LogP contribution in [0.25, 0.3) is 0 Å². The summed E-state index contributed by atoms with van der Waals surface area (Å²) >= 11 is 0. The molecule has 1 fully saturated rings. The highest BCUT2D eigenvalue weighted by Gasteiger charge is 2.43. The average molecular weight is 97.1 g/mol. The molecule has 38 valence electrons. The van der Waals surface area contributed by atoms with Crippen molar-refractivity contribution in [3.05, 3.63) is 0 Å². The Labute approximate surface area is 42.7 Å². The highest BCUT2D eigenvalue weighted by Crippen LogP contribution is 2.37. The zero-order valence-electron chi connectivity index (χ0n) is 4.27. The SMILES string of the molecule is COC1(C#N)CC1. The standard InChI is InChI=1S/C5H7NO/c1-7-5(4-6)2-3-5/h2-3H2,1H3. The summed E-state index contributed by atoms with van der Waals surface area (Å²) in [6.07, 6.45) is 1.83. The van der Waals surface area contributed by atoms with Crippen molar-refractivity contribution >= 4 is 0 Å². The molecule has 2 heteroatoms. The lowest BCUT2D eigenvalue weighted by Gasteiger charge is -1.96. The molecule has 0 heterocycles. The van der Waals surface area contributed by atoms with Crippen LogP contribution in [0.3, 0.4) is 0 Å². The van der Waals surface area contributed by atoms with Gasteiger partial charge in [-0.15, -0.1) is 0 Å². The van der Waals surface area contributed by atoms with Crippen molar-refractivity contribution in [2.45, 2.75) is 18.4 Å². The highest BCUT2D eigenvalue weighted by atomic mass is 16.5. The molecule has 1 aliphatic carbocycles. The van der Waals surface area contributed by atoms with Crippen LogP contribution in [0, 0.1) is 11.3 Å². The fraction of sp³-hybridized carbons (Fsp3) is 0.800. The van der Waals surface area contributed by atoms with E-state index in [2.05, 4.69) is 6.07 Å². The summed E-state index contributed by atoms with van der Waals surface area (Å²) in [5.41, 5.74) is -0.361. The van der Waals surface area contributed by atoms with E-state index in [1.165, 1.54) is 0 Å². The van der Waals surface area contributed by atoms with Crippen LogP contribution < -0.4 is 0 Å². The van der Waals surface area contributed by atoms with Crippen molar-refractivity contribution in [2.75, 3.05) is 7.11 Å². The maximum Gasteiger partial charge on any atom is 0.154 e. The molecule has 1 saturated carbocycles. The van der Waals surface area contributed by atoms with E-state index in [4.69, 9.17) is 10.00 Å². The lowest BCUT2D eigenvalue weighted by atomic mass is 10.4. The molecular formula is C5H7NO. The Morgan fingerprint density at radius 3 is 2.29 bits per heavy atom. The van der Waals surface area contributed by atoms with E-state index in [-0.39, 0.29) is 5.60 Å². The number of rotatable bonds is 1. The van der Waals surface area contributed by atoms with Crippen LogP contribution in [0.15, 0.2) is 0 Å². The summed E-state index contributed by atoms with van der Waals surface area (Å²) in [6, 6.07) is 2.08. The lowest BCUT2D eigenvalue weighted by molar-refractivity contribution is 0.127. The van der Waals surface area contributed by atoms with Crippen molar-refractivity contribution in [3.63, 3.8) is 0 Å². The van der Waals surface area contributed by atoms with Gasteiger partial charge in [0.15, 0.2) is 5.60 Å². The van der Waals surface area contributed by atoms with Gasteiger partial charge in [-0.3, -0.25) is 0 Å². The molecule has 2 nitrogen and oxygen atoms in total. The van der Waals surface area contributed by atoms with E-state index in [0.29, 0.717) is 0 Å². The van der Waals surface area contributed by atoms with Gasteiger partial charge in [0, 0.05) is 7.11 Å². The van der Waals surface area contributed by atoms with Crippen LogP contribution in [0.5, 0.6) is 0 Å². The van der Waals surface area contributed by atoms with Gasteiger partial charge in [0.2, 0.25) is 0 Å². The molecule has 0 radical (unpaired) electrons. The molecule has 0 saturated heterocycles. The highest BCUT2D eigenvalue weighted by molar-refractivity contribution is 5.12. The molecule has 0 bridgehead atoms. The van der Waals surface area contributed by atoms with Crippen molar-refractivity contribution in [1.29, 1.82) is 5.26 Å². The second kappa shape index (κ2) is 1.21. The molecule has 0 N–H and O–H groups in total. The van der Waals surface area contributed by atoms with E-state index < -0.39 is 0 Å². The van der Waals surface area contributed by atoms with E-state index in [1.54, 1.807) is 7.11 Å². The Balaban J connectivity index is 2.47. The van der Waals surface area contributed by atoms with E-state index in [1.807, 2.05) is 0 Å². The first-order valence-corrected chi connectivity index (χ1v) is 2.29. The number of nitriles is 1. The molecule has 0 spiro atoms. The number of ether oxygens (including phenoxy) is 1. The molecule has 0 amide bonds. The third-order valence-electron chi connectivity index (χ3n) is 1.30. The minimum Gasteiger partial charge on any atom is -0.363 e. The predicted molar refractivity (Wildman–Crippen MR) is 24.6 cm³/mol. The zero-order chi connectivity index (χ0) is 5.33. The van der Waals surface area contributed by atoms with E-state index >= 15 is 0 Å². The third kappa shape index (κ3) is 0.594. The van der Waals surface area contributed by atoms with Crippen molar-refractivity contribution in [2.24, 2.45) is 0 Å². The minimum atomic E-state index is -0.361. The quantitative estimate of drug-likeness (QED) is 0.482. The second-order valence-corrected chi connectivity index (χ2v) is 1.81. The summed E-state index contributed by atoms with van der Waals surface area (Å²) in [5.74, 6) is 0. The molecule has 7 heavy (non-hydrogen) atoms. The van der Waals surface area contributed by atoms with E-state index in [9.17, 15) is 0 Å². The molecular weight excluding hydrogens is 90.1 g/mol. The summed E-state index contributed by atoms with van der Waals surface area (Å²) < 4.78 is 4.84. The first kappa shape index (κ1) is 4.61. The molecule has 1 aliphatic rings. The summed E-state index contributed by atoms with van der Waals surface area (Å²) in [6.45, 7) is 0. The van der Waals surface area contributed by atoms with Crippen molar-refractivity contribution in [3.8, 4) is 6.07 Å². The van der Waals surface area contributed by atoms with E-state index in [0.717, 1.165) is 12.8 Å². The van der Waals surface area contributed by atoms with Gasteiger partial charge in [0.05, 0.1) is 6.07 Å². The Bertz CT molecular complexity index is 110. The van der Waals surface area contributed by atoms with Crippen LogP contribution >= 0.6 is 0 Å². The molecule has 1 rings (SSSR count). The number of nitrogens with zero attached hydrogens (tertiary/aromatic N) is 1. The fourth-order valence-corrected chi connectivity index (χ4v) is 0.475. The lowest BCUT2D eigenvalue weighted by Crippen LogP contribution is -2.05. The largest absolute Gasteiger partial charge is 0.363 e. The number of methoxy groups -OCH3 is 1. The van der Waals surface area contributed by atoms with Gasteiger partial charge < -0.3 is 4.74 Å². The Morgan fingerprint density at radius 1 is 1.71 bits per heavy atom. The summed E-state index contributed by atoms with van der Waals surface area (Å²) in [4.78, 5) is 0.